The Morgan fingerprint density at radius 1 is 0.844 bits per heavy atom. The third kappa shape index (κ3) is 4.45. The first kappa shape index (κ1) is 21.5. The van der Waals surface area contributed by atoms with E-state index in [9.17, 15) is 8.42 Å². The van der Waals surface area contributed by atoms with Crippen LogP contribution in [0.15, 0.2) is 88.2 Å². The largest absolute Gasteiger partial charge is 0.496 e. The molecule has 3 aromatic carbocycles. The van der Waals surface area contributed by atoms with Crippen molar-refractivity contribution in [3.63, 3.8) is 0 Å². The molecule has 7 nitrogen and oxygen atoms in total. The molecule has 164 valence electrons. The maximum absolute atomic E-state index is 13.0. The summed E-state index contributed by atoms with van der Waals surface area (Å²) in [6.07, 6.45) is 0.387. The molecule has 0 aliphatic heterocycles. The lowest BCUT2D eigenvalue weighted by Crippen LogP contribution is -2.13. The highest BCUT2D eigenvalue weighted by molar-refractivity contribution is 7.92. The Hall–Kier alpha value is -3.78. The molecule has 0 amide bonds. The Bertz CT molecular complexity index is 1280. The van der Waals surface area contributed by atoms with E-state index in [0.717, 1.165) is 5.56 Å². The molecule has 0 unspecified atom stereocenters. The van der Waals surface area contributed by atoms with Crippen molar-refractivity contribution in [2.75, 3.05) is 18.9 Å². The Kier molecular flexibility index (Phi) is 6.13. The minimum absolute atomic E-state index is 0.0115. The van der Waals surface area contributed by atoms with Crippen LogP contribution >= 0.6 is 0 Å². The lowest BCUT2D eigenvalue weighted by Gasteiger charge is -2.12. The third-order valence-corrected chi connectivity index (χ3v) is 6.16. The number of anilines is 1. The Morgan fingerprint density at radius 3 is 2.03 bits per heavy atom. The van der Waals surface area contributed by atoms with Crippen LogP contribution in [0.25, 0.3) is 11.3 Å². The highest BCUT2D eigenvalue weighted by atomic mass is 32.2. The molecule has 0 aliphatic carbocycles. The van der Waals surface area contributed by atoms with Crippen LogP contribution in [0.1, 0.15) is 11.5 Å². The van der Waals surface area contributed by atoms with Gasteiger partial charge in [-0.15, -0.1) is 0 Å². The van der Waals surface area contributed by atoms with Gasteiger partial charge in [0.2, 0.25) is 11.8 Å². The predicted molar refractivity (Wildman–Crippen MR) is 122 cm³/mol. The number of benzene rings is 3. The zero-order valence-corrected chi connectivity index (χ0v) is 18.4. The number of sulfonamides is 1. The summed E-state index contributed by atoms with van der Waals surface area (Å²) in [5.74, 6) is 1.29. The number of methoxy groups -OCH3 is 2. The molecular formula is C24H22N2O5S. The summed E-state index contributed by atoms with van der Waals surface area (Å²) in [5, 5.41) is 0. The van der Waals surface area contributed by atoms with Crippen LogP contribution in [0.3, 0.4) is 0 Å². The fraction of sp³-hybridized carbons (Fsp3) is 0.125. The average Bonchev–Trinajstić information content (AvgIpc) is 3.20. The van der Waals surface area contributed by atoms with E-state index >= 15 is 0 Å². The number of hydrogen-bond acceptors (Lipinski definition) is 6. The summed E-state index contributed by atoms with van der Waals surface area (Å²) in [6.45, 7) is 0. The number of nitrogens with zero attached hydrogens (tertiary/aromatic N) is 1. The fourth-order valence-corrected chi connectivity index (χ4v) is 4.33. The van der Waals surface area contributed by atoms with Crippen molar-refractivity contribution >= 4 is 15.9 Å². The van der Waals surface area contributed by atoms with Crippen LogP contribution in [0.2, 0.25) is 0 Å². The van der Waals surface area contributed by atoms with Crippen molar-refractivity contribution in [2.45, 2.75) is 11.3 Å². The molecular weight excluding hydrogens is 428 g/mol. The molecule has 0 radical (unpaired) electrons. The lowest BCUT2D eigenvalue weighted by molar-refractivity contribution is 0.397. The second-order valence-electron chi connectivity index (χ2n) is 6.90. The topological polar surface area (TPSA) is 90.7 Å². The van der Waals surface area contributed by atoms with Gasteiger partial charge in [-0.05, 0) is 29.8 Å². The Balaban J connectivity index is 1.83. The molecule has 0 fully saturated rings. The van der Waals surface area contributed by atoms with Crippen molar-refractivity contribution in [3.8, 4) is 22.8 Å². The van der Waals surface area contributed by atoms with Crippen LogP contribution in [-0.2, 0) is 16.4 Å². The SMILES string of the molecule is COc1cccc(OC)c1-c1nc(Cc2ccccc2)oc1NS(=O)(=O)c1ccccc1. The molecule has 0 bridgehead atoms. The first-order chi connectivity index (χ1) is 15.5. The fourth-order valence-electron chi connectivity index (χ4n) is 3.31. The van der Waals surface area contributed by atoms with Gasteiger partial charge in [-0.2, -0.15) is 0 Å². The van der Waals surface area contributed by atoms with Gasteiger partial charge in [-0.3, -0.25) is 0 Å². The second kappa shape index (κ2) is 9.15. The molecule has 1 N–H and O–H groups in total. The van der Waals surface area contributed by atoms with Crippen molar-refractivity contribution in [1.29, 1.82) is 0 Å². The average molecular weight is 451 g/mol. The van der Waals surface area contributed by atoms with E-state index in [1.54, 1.807) is 36.4 Å². The smallest absolute Gasteiger partial charge is 0.264 e. The van der Waals surface area contributed by atoms with Gasteiger partial charge in [0.05, 0.1) is 24.7 Å². The minimum atomic E-state index is -3.91. The van der Waals surface area contributed by atoms with E-state index in [-0.39, 0.29) is 16.5 Å². The predicted octanol–water partition coefficient (Wildman–Crippen LogP) is 4.75. The van der Waals surface area contributed by atoms with E-state index < -0.39 is 10.0 Å². The first-order valence-corrected chi connectivity index (χ1v) is 11.3. The van der Waals surface area contributed by atoms with Gasteiger partial charge in [-0.1, -0.05) is 54.6 Å². The molecule has 0 saturated heterocycles. The standard InChI is InChI=1S/C24H22N2O5S/c1-29-19-14-9-15-20(30-2)22(19)23-24(26-32(27,28)18-12-7-4-8-13-18)31-21(25-23)16-17-10-5-3-6-11-17/h3-15,26H,16H2,1-2H3. The number of aromatic nitrogens is 1. The molecule has 1 aromatic heterocycles. The first-order valence-electron chi connectivity index (χ1n) is 9.84. The van der Waals surface area contributed by atoms with Crippen LogP contribution in [0.5, 0.6) is 11.5 Å². The molecule has 0 aliphatic rings. The summed E-state index contributed by atoms with van der Waals surface area (Å²) >= 11 is 0. The van der Waals surface area contributed by atoms with Crippen molar-refractivity contribution in [2.24, 2.45) is 0 Å². The number of rotatable bonds is 8. The van der Waals surface area contributed by atoms with Crippen LogP contribution in [0.4, 0.5) is 5.88 Å². The number of ether oxygens (including phenoxy) is 2. The molecule has 8 heteroatoms. The van der Waals surface area contributed by atoms with Gasteiger partial charge >= 0.3 is 0 Å². The second-order valence-corrected chi connectivity index (χ2v) is 8.59. The molecule has 0 spiro atoms. The summed E-state index contributed by atoms with van der Waals surface area (Å²) in [7, 11) is -0.858. The van der Waals surface area contributed by atoms with Gasteiger partial charge < -0.3 is 13.9 Å². The normalized spacial score (nSPS) is 11.2. The summed E-state index contributed by atoms with van der Waals surface area (Å²) in [4.78, 5) is 4.73. The molecule has 4 rings (SSSR count). The summed E-state index contributed by atoms with van der Waals surface area (Å²) < 4.78 is 45.5. The van der Waals surface area contributed by atoms with Crippen LogP contribution in [0, 0.1) is 0 Å². The molecule has 1 heterocycles. The highest BCUT2D eigenvalue weighted by Crippen LogP contribution is 2.42. The van der Waals surface area contributed by atoms with Crippen molar-refractivity contribution < 1.29 is 22.3 Å². The van der Waals surface area contributed by atoms with Crippen molar-refractivity contribution in [1.82, 2.24) is 4.98 Å². The summed E-state index contributed by atoms with van der Waals surface area (Å²) in [6, 6.07) is 23.0. The minimum Gasteiger partial charge on any atom is -0.496 e. The molecule has 0 saturated carbocycles. The van der Waals surface area contributed by atoms with E-state index in [4.69, 9.17) is 13.9 Å². The molecule has 0 atom stereocenters. The van der Waals surface area contributed by atoms with Crippen LogP contribution in [-0.4, -0.2) is 27.6 Å². The zero-order valence-electron chi connectivity index (χ0n) is 17.6. The van der Waals surface area contributed by atoms with E-state index in [1.807, 2.05) is 30.3 Å². The van der Waals surface area contributed by atoms with E-state index in [2.05, 4.69) is 9.71 Å². The number of oxazole rings is 1. The Morgan fingerprint density at radius 2 is 1.44 bits per heavy atom. The van der Waals surface area contributed by atoms with E-state index in [1.165, 1.54) is 26.4 Å². The van der Waals surface area contributed by atoms with Crippen molar-refractivity contribution in [3.05, 3.63) is 90.3 Å². The Labute approximate surface area is 186 Å². The number of hydrogen-bond donors (Lipinski definition) is 1. The van der Waals surface area contributed by atoms with Gasteiger partial charge in [0.15, 0.2) is 0 Å². The van der Waals surface area contributed by atoms with Gasteiger partial charge in [-0.25, -0.2) is 18.1 Å². The van der Waals surface area contributed by atoms with E-state index in [0.29, 0.717) is 29.4 Å². The lowest BCUT2D eigenvalue weighted by atomic mass is 10.1. The number of nitrogens with one attached hydrogen (secondary N) is 1. The highest BCUT2D eigenvalue weighted by Gasteiger charge is 2.26. The quantitative estimate of drug-likeness (QED) is 0.417. The zero-order chi connectivity index (χ0) is 22.6. The maximum Gasteiger partial charge on any atom is 0.264 e. The van der Waals surface area contributed by atoms with Gasteiger partial charge in [0, 0.05) is 6.42 Å². The van der Waals surface area contributed by atoms with Gasteiger partial charge in [0.1, 0.15) is 17.2 Å². The van der Waals surface area contributed by atoms with Crippen LogP contribution < -0.4 is 14.2 Å². The molecule has 32 heavy (non-hydrogen) atoms. The van der Waals surface area contributed by atoms with Gasteiger partial charge in [0.25, 0.3) is 10.0 Å². The maximum atomic E-state index is 13.0. The summed E-state index contributed by atoms with van der Waals surface area (Å²) in [5.41, 5.74) is 1.75. The molecule has 4 aromatic rings. The third-order valence-electron chi connectivity index (χ3n) is 4.81. The monoisotopic (exact) mass is 450 g/mol.